The van der Waals surface area contributed by atoms with E-state index >= 15 is 0 Å². The Kier molecular flexibility index (Phi) is 3.63. The fourth-order valence-electron chi connectivity index (χ4n) is 1.87. The zero-order valence-corrected chi connectivity index (χ0v) is 10.1. The van der Waals surface area contributed by atoms with Crippen LogP contribution in [-0.4, -0.2) is 35.1 Å². The van der Waals surface area contributed by atoms with E-state index in [2.05, 4.69) is 5.32 Å². The summed E-state index contributed by atoms with van der Waals surface area (Å²) in [4.78, 5) is 24.6. The van der Waals surface area contributed by atoms with Crippen molar-refractivity contribution >= 4 is 23.3 Å². The van der Waals surface area contributed by atoms with Crippen LogP contribution >= 0.6 is 11.3 Å². The van der Waals surface area contributed by atoms with Crippen LogP contribution in [0.25, 0.3) is 0 Å². The molecule has 1 aromatic heterocycles. The van der Waals surface area contributed by atoms with Crippen LogP contribution in [0.2, 0.25) is 0 Å². The van der Waals surface area contributed by atoms with Crippen LogP contribution in [-0.2, 0) is 6.54 Å². The summed E-state index contributed by atoms with van der Waals surface area (Å²) in [5.74, 6) is -0.939. The summed E-state index contributed by atoms with van der Waals surface area (Å²) in [5.41, 5.74) is 0.662. The zero-order chi connectivity index (χ0) is 12.3. The molecule has 1 fully saturated rings. The first-order valence-corrected chi connectivity index (χ1v) is 6.39. The van der Waals surface area contributed by atoms with Gasteiger partial charge in [-0.3, -0.25) is 0 Å². The Labute approximate surface area is 103 Å². The number of aromatic carboxylic acids is 1. The SMILES string of the molecule is O=C(O)c1sccc1CNC(=O)N1CCCC1. The number of nitrogens with zero attached hydrogens (tertiary/aromatic N) is 1. The number of thiophene rings is 1. The predicted octanol–water partition coefficient (Wildman–Crippen LogP) is 1.75. The summed E-state index contributed by atoms with van der Waals surface area (Å²) in [5, 5.41) is 13.4. The molecule has 2 amide bonds. The zero-order valence-electron chi connectivity index (χ0n) is 9.31. The van der Waals surface area contributed by atoms with Gasteiger partial charge in [-0.15, -0.1) is 11.3 Å². The third-order valence-electron chi connectivity index (χ3n) is 2.76. The molecule has 1 aliphatic heterocycles. The molecule has 2 rings (SSSR count). The maximum absolute atomic E-state index is 11.7. The highest BCUT2D eigenvalue weighted by Crippen LogP contribution is 2.16. The number of amides is 2. The van der Waals surface area contributed by atoms with Gasteiger partial charge in [0.1, 0.15) is 4.88 Å². The van der Waals surface area contributed by atoms with E-state index in [1.807, 2.05) is 0 Å². The molecule has 0 bridgehead atoms. The quantitative estimate of drug-likeness (QED) is 0.863. The number of carbonyl (C=O) groups excluding carboxylic acids is 1. The highest BCUT2D eigenvalue weighted by Gasteiger charge is 2.18. The molecule has 5 nitrogen and oxygen atoms in total. The Hall–Kier alpha value is -1.56. The highest BCUT2D eigenvalue weighted by atomic mass is 32.1. The second kappa shape index (κ2) is 5.18. The van der Waals surface area contributed by atoms with Gasteiger partial charge in [0.2, 0.25) is 0 Å². The van der Waals surface area contributed by atoms with Crippen LogP contribution in [0.5, 0.6) is 0 Å². The van der Waals surface area contributed by atoms with E-state index in [1.54, 1.807) is 16.3 Å². The minimum absolute atomic E-state index is 0.106. The van der Waals surface area contributed by atoms with Crippen molar-refractivity contribution < 1.29 is 14.7 Å². The highest BCUT2D eigenvalue weighted by molar-refractivity contribution is 7.12. The van der Waals surface area contributed by atoms with Crippen molar-refractivity contribution in [3.05, 3.63) is 21.9 Å². The van der Waals surface area contributed by atoms with Crippen LogP contribution in [0.1, 0.15) is 28.1 Å². The molecule has 1 aliphatic rings. The average Bonchev–Trinajstić information content (AvgIpc) is 2.96. The van der Waals surface area contributed by atoms with Gasteiger partial charge >= 0.3 is 12.0 Å². The van der Waals surface area contributed by atoms with Crippen LogP contribution < -0.4 is 5.32 Å². The van der Waals surface area contributed by atoms with E-state index in [4.69, 9.17) is 5.11 Å². The lowest BCUT2D eigenvalue weighted by atomic mass is 10.2. The summed E-state index contributed by atoms with van der Waals surface area (Å²) in [6, 6.07) is 1.63. The standard InChI is InChI=1S/C11H14N2O3S/c14-10(15)9-8(3-6-17-9)7-12-11(16)13-4-1-2-5-13/h3,6H,1-2,4-5,7H2,(H,12,16)(H,14,15). The van der Waals surface area contributed by atoms with Crippen LogP contribution in [0.3, 0.4) is 0 Å². The fraction of sp³-hybridized carbons (Fsp3) is 0.455. The number of nitrogens with one attached hydrogen (secondary N) is 1. The number of hydrogen-bond acceptors (Lipinski definition) is 3. The van der Waals surface area contributed by atoms with Crippen molar-refractivity contribution in [1.82, 2.24) is 10.2 Å². The van der Waals surface area contributed by atoms with Gasteiger partial charge < -0.3 is 15.3 Å². The van der Waals surface area contributed by atoms with Gasteiger partial charge in [-0.1, -0.05) is 0 Å². The second-order valence-electron chi connectivity index (χ2n) is 3.93. The first kappa shape index (κ1) is 11.9. The van der Waals surface area contributed by atoms with Gasteiger partial charge in [-0.25, -0.2) is 9.59 Å². The summed E-state index contributed by atoms with van der Waals surface area (Å²) >= 11 is 1.18. The number of urea groups is 1. The Balaban J connectivity index is 1.90. The van der Waals surface area contributed by atoms with Crippen molar-refractivity contribution in [3.8, 4) is 0 Å². The molecule has 1 aromatic rings. The molecule has 17 heavy (non-hydrogen) atoms. The lowest BCUT2D eigenvalue weighted by molar-refractivity contribution is 0.0701. The molecule has 0 radical (unpaired) electrons. The number of carbonyl (C=O) groups is 2. The van der Waals surface area contributed by atoms with Crippen molar-refractivity contribution in [1.29, 1.82) is 0 Å². The van der Waals surface area contributed by atoms with Gasteiger partial charge in [0.15, 0.2) is 0 Å². The van der Waals surface area contributed by atoms with Crippen molar-refractivity contribution in [2.24, 2.45) is 0 Å². The van der Waals surface area contributed by atoms with Crippen LogP contribution in [0.4, 0.5) is 4.79 Å². The van der Waals surface area contributed by atoms with Gasteiger partial charge in [-0.05, 0) is 29.9 Å². The first-order valence-electron chi connectivity index (χ1n) is 5.51. The molecule has 1 saturated heterocycles. The molecule has 2 N–H and O–H groups in total. The summed E-state index contributed by atoms with van der Waals surface area (Å²) in [6.07, 6.45) is 2.10. The van der Waals surface area contributed by atoms with Gasteiger partial charge in [-0.2, -0.15) is 0 Å². The number of carboxylic acid groups (broad SMARTS) is 1. The minimum atomic E-state index is -0.939. The van der Waals surface area contributed by atoms with E-state index in [0.717, 1.165) is 25.9 Å². The number of carboxylic acids is 1. The summed E-state index contributed by atoms with van der Waals surface area (Å²) in [7, 11) is 0. The van der Waals surface area contributed by atoms with Gasteiger partial charge in [0.25, 0.3) is 0 Å². The topological polar surface area (TPSA) is 69.6 Å². The molecule has 0 unspecified atom stereocenters. The lowest BCUT2D eigenvalue weighted by Crippen LogP contribution is -2.37. The van der Waals surface area contributed by atoms with Crippen molar-refractivity contribution in [2.75, 3.05) is 13.1 Å². The maximum Gasteiger partial charge on any atom is 0.346 e. The third-order valence-corrected chi connectivity index (χ3v) is 3.71. The molecule has 0 spiro atoms. The molecule has 6 heteroatoms. The molecule has 0 saturated carbocycles. The Morgan fingerprint density at radius 1 is 1.41 bits per heavy atom. The predicted molar refractivity (Wildman–Crippen MR) is 64.3 cm³/mol. The summed E-state index contributed by atoms with van der Waals surface area (Å²) < 4.78 is 0. The number of hydrogen-bond donors (Lipinski definition) is 2. The van der Waals surface area contributed by atoms with Crippen molar-refractivity contribution in [3.63, 3.8) is 0 Å². The van der Waals surface area contributed by atoms with Crippen LogP contribution in [0, 0.1) is 0 Å². The number of rotatable bonds is 3. The van der Waals surface area contributed by atoms with Crippen LogP contribution in [0.15, 0.2) is 11.4 Å². The molecule has 2 heterocycles. The molecule has 0 atom stereocenters. The van der Waals surface area contributed by atoms with E-state index < -0.39 is 5.97 Å². The monoisotopic (exact) mass is 254 g/mol. The van der Waals surface area contributed by atoms with E-state index in [-0.39, 0.29) is 12.6 Å². The average molecular weight is 254 g/mol. The van der Waals surface area contributed by atoms with Gasteiger partial charge in [0, 0.05) is 19.6 Å². The molecular formula is C11H14N2O3S. The molecule has 92 valence electrons. The molecule has 0 aliphatic carbocycles. The third kappa shape index (κ3) is 2.76. The molecular weight excluding hydrogens is 240 g/mol. The minimum Gasteiger partial charge on any atom is -0.477 e. The Bertz CT molecular complexity index is 424. The second-order valence-corrected chi connectivity index (χ2v) is 4.85. The fourth-order valence-corrected chi connectivity index (χ4v) is 2.63. The van der Waals surface area contributed by atoms with Crippen molar-refractivity contribution in [2.45, 2.75) is 19.4 Å². The first-order chi connectivity index (χ1) is 8.18. The molecule has 0 aromatic carbocycles. The normalized spacial score (nSPS) is 14.9. The number of likely N-dealkylation sites (tertiary alicyclic amines) is 1. The smallest absolute Gasteiger partial charge is 0.346 e. The maximum atomic E-state index is 11.7. The Morgan fingerprint density at radius 3 is 2.76 bits per heavy atom. The summed E-state index contributed by atoms with van der Waals surface area (Å²) in [6.45, 7) is 1.86. The largest absolute Gasteiger partial charge is 0.477 e. The lowest BCUT2D eigenvalue weighted by Gasteiger charge is -2.15. The van der Waals surface area contributed by atoms with E-state index in [1.165, 1.54) is 11.3 Å². The van der Waals surface area contributed by atoms with Gasteiger partial charge in [0.05, 0.1) is 0 Å². The van der Waals surface area contributed by atoms with E-state index in [9.17, 15) is 9.59 Å². The van der Waals surface area contributed by atoms with E-state index in [0.29, 0.717) is 10.4 Å². The Morgan fingerprint density at radius 2 is 2.12 bits per heavy atom.